The van der Waals surface area contributed by atoms with Gasteiger partial charge in [0.15, 0.2) is 0 Å². The van der Waals surface area contributed by atoms with Crippen LogP contribution in [0.5, 0.6) is 0 Å². The first-order chi connectivity index (χ1) is 4.20. The van der Waals surface area contributed by atoms with E-state index >= 15 is 0 Å². The van der Waals surface area contributed by atoms with Crippen LogP contribution in [0, 0.1) is 0 Å². The van der Waals surface area contributed by atoms with Crippen LogP contribution in [0.25, 0.3) is 0 Å². The third-order valence-electron chi connectivity index (χ3n) is 0.675. The van der Waals surface area contributed by atoms with Crippen molar-refractivity contribution in [2.45, 2.75) is 6.55 Å². The summed E-state index contributed by atoms with van der Waals surface area (Å²) in [6.07, 6.45) is 0.919. The van der Waals surface area contributed by atoms with Gasteiger partial charge in [0.1, 0.15) is 0 Å². The van der Waals surface area contributed by atoms with E-state index in [1.165, 1.54) is 6.07 Å². The van der Waals surface area contributed by atoms with Crippen LogP contribution < -0.4 is 0 Å². The SMILES string of the molecule is [2H]c1ccn(C(F)F)n1. The van der Waals surface area contributed by atoms with Crippen LogP contribution in [0.15, 0.2) is 18.4 Å². The van der Waals surface area contributed by atoms with Gasteiger partial charge in [-0.15, -0.1) is 0 Å². The number of aromatic nitrogens is 2. The van der Waals surface area contributed by atoms with Gasteiger partial charge in [-0.05, 0) is 6.07 Å². The molecule has 0 aliphatic heterocycles. The van der Waals surface area contributed by atoms with Crippen molar-refractivity contribution in [1.29, 1.82) is 0 Å². The molecule has 44 valence electrons. The summed E-state index contributed by atoms with van der Waals surface area (Å²) in [6, 6.07) is 1.20. The molecule has 0 atom stereocenters. The average Bonchev–Trinajstić information content (AvgIpc) is 2.14. The molecule has 1 aromatic rings. The van der Waals surface area contributed by atoms with Crippen molar-refractivity contribution in [2.24, 2.45) is 0 Å². The summed E-state index contributed by atoms with van der Waals surface area (Å²) < 4.78 is 30.4. The summed E-state index contributed by atoms with van der Waals surface area (Å²) in [5.74, 6) is 0. The van der Waals surface area contributed by atoms with E-state index in [1.54, 1.807) is 0 Å². The minimum atomic E-state index is -2.64. The highest BCUT2D eigenvalue weighted by atomic mass is 19.3. The lowest BCUT2D eigenvalue weighted by molar-refractivity contribution is 0.0566. The molecule has 0 saturated heterocycles. The minimum absolute atomic E-state index is 0.143. The van der Waals surface area contributed by atoms with Gasteiger partial charge < -0.3 is 0 Å². The third kappa shape index (κ3) is 0.828. The maximum Gasteiger partial charge on any atom is 0.333 e. The van der Waals surface area contributed by atoms with Crippen molar-refractivity contribution in [3.8, 4) is 0 Å². The van der Waals surface area contributed by atoms with E-state index in [0.29, 0.717) is 4.68 Å². The van der Waals surface area contributed by atoms with Gasteiger partial charge in [-0.1, -0.05) is 0 Å². The van der Waals surface area contributed by atoms with Crippen molar-refractivity contribution in [3.05, 3.63) is 18.4 Å². The first-order valence-electron chi connectivity index (χ1n) is 2.50. The zero-order valence-electron chi connectivity index (χ0n) is 4.88. The molecule has 0 N–H and O–H groups in total. The van der Waals surface area contributed by atoms with Gasteiger partial charge in [-0.3, -0.25) is 0 Å². The second kappa shape index (κ2) is 1.90. The molecule has 2 nitrogen and oxygen atoms in total. The molecule has 0 fully saturated rings. The second-order valence-corrected chi connectivity index (χ2v) is 1.20. The Kier molecular flexibility index (Phi) is 0.948. The Labute approximate surface area is 46.1 Å². The molecule has 0 radical (unpaired) electrons. The lowest BCUT2D eigenvalue weighted by Gasteiger charge is -1.93. The van der Waals surface area contributed by atoms with Gasteiger partial charge >= 0.3 is 6.55 Å². The predicted molar refractivity (Wildman–Crippen MR) is 23.5 cm³/mol. The Bertz CT molecular complexity index is 198. The van der Waals surface area contributed by atoms with Crippen LogP contribution in [-0.2, 0) is 0 Å². The predicted octanol–water partition coefficient (Wildman–Crippen LogP) is 1.28. The second-order valence-electron chi connectivity index (χ2n) is 1.20. The van der Waals surface area contributed by atoms with E-state index < -0.39 is 6.55 Å². The van der Waals surface area contributed by atoms with Crippen molar-refractivity contribution in [3.63, 3.8) is 0 Å². The monoisotopic (exact) mass is 119 g/mol. The molecule has 0 aromatic carbocycles. The Hall–Kier alpha value is -0.930. The van der Waals surface area contributed by atoms with E-state index in [1.807, 2.05) is 0 Å². The molecular formula is C4H4F2N2. The zero-order chi connectivity index (χ0) is 6.85. The van der Waals surface area contributed by atoms with Crippen LogP contribution in [0.2, 0.25) is 0 Å². The van der Waals surface area contributed by atoms with Crippen LogP contribution in [-0.4, -0.2) is 9.78 Å². The molecule has 0 aliphatic rings. The molecule has 8 heavy (non-hydrogen) atoms. The highest BCUT2D eigenvalue weighted by Gasteiger charge is 2.01. The molecular weight excluding hydrogens is 114 g/mol. The number of rotatable bonds is 1. The van der Waals surface area contributed by atoms with Crippen molar-refractivity contribution in [2.75, 3.05) is 0 Å². The molecule has 0 spiro atoms. The van der Waals surface area contributed by atoms with Gasteiger partial charge in [-0.2, -0.15) is 13.9 Å². The largest absolute Gasteiger partial charge is 0.333 e. The zero-order valence-corrected chi connectivity index (χ0v) is 3.88. The number of hydrogen-bond acceptors (Lipinski definition) is 1. The lowest BCUT2D eigenvalue weighted by Crippen LogP contribution is -1.96. The van der Waals surface area contributed by atoms with Gasteiger partial charge in [0.2, 0.25) is 0 Å². The Morgan fingerprint density at radius 1 is 1.75 bits per heavy atom. The van der Waals surface area contributed by atoms with E-state index in [2.05, 4.69) is 5.10 Å². The molecule has 4 heteroatoms. The van der Waals surface area contributed by atoms with Crippen molar-refractivity contribution >= 4 is 0 Å². The van der Waals surface area contributed by atoms with Gasteiger partial charge in [0, 0.05) is 12.4 Å². The highest BCUT2D eigenvalue weighted by Crippen LogP contribution is 2.04. The maximum absolute atomic E-state index is 11.6. The van der Waals surface area contributed by atoms with E-state index in [4.69, 9.17) is 1.37 Å². The lowest BCUT2D eigenvalue weighted by atomic mass is 10.8. The topological polar surface area (TPSA) is 17.8 Å². The summed E-state index contributed by atoms with van der Waals surface area (Å²) in [4.78, 5) is 0. The van der Waals surface area contributed by atoms with Crippen LogP contribution in [0.4, 0.5) is 8.78 Å². The van der Waals surface area contributed by atoms with Crippen LogP contribution in [0.1, 0.15) is 7.92 Å². The number of halogens is 2. The van der Waals surface area contributed by atoms with Gasteiger partial charge in [0.05, 0.1) is 1.37 Å². The van der Waals surface area contributed by atoms with Crippen LogP contribution in [0.3, 0.4) is 0 Å². The fourth-order valence-corrected chi connectivity index (χ4v) is 0.352. The number of nitrogens with zero attached hydrogens (tertiary/aromatic N) is 2. The standard InChI is InChI=1S/C4H4F2N2/c5-4(6)8-3-1-2-7-8/h1-4H/i2D. The molecule has 0 bridgehead atoms. The van der Waals surface area contributed by atoms with Crippen molar-refractivity contribution < 1.29 is 10.2 Å². The smallest absolute Gasteiger partial charge is 0.212 e. The fourth-order valence-electron chi connectivity index (χ4n) is 0.352. The van der Waals surface area contributed by atoms with E-state index in [9.17, 15) is 8.78 Å². The molecule has 1 aromatic heterocycles. The highest BCUT2D eigenvalue weighted by molar-refractivity contribution is 4.77. The maximum atomic E-state index is 11.6. The molecule has 0 amide bonds. The summed E-state index contributed by atoms with van der Waals surface area (Å²) in [5.41, 5.74) is 0. The first-order valence-corrected chi connectivity index (χ1v) is 2.00. The minimum Gasteiger partial charge on any atom is -0.212 e. The Balaban J connectivity index is 2.85. The summed E-state index contributed by atoms with van der Waals surface area (Å²) in [5, 5.41) is 3.14. The van der Waals surface area contributed by atoms with Crippen molar-refractivity contribution in [1.82, 2.24) is 9.78 Å². The molecule has 1 heterocycles. The number of alkyl halides is 2. The third-order valence-corrected chi connectivity index (χ3v) is 0.675. The molecule has 0 unspecified atom stereocenters. The molecule has 1 rings (SSSR count). The normalized spacial score (nSPS) is 12.1. The summed E-state index contributed by atoms with van der Waals surface area (Å²) in [7, 11) is 0. The summed E-state index contributed by atoms with van der Waals surface area (Å²) >= 11 is 0. The first kappa shape index (κ1) is 4.00. The Morgan fingerprint density at radius 2 is 2.50 bits per heavy atom. The Morgan fingerprint density at radius 3 is 2.75 bits per heavy atom. The molecule has 0 aliphatic carbocycles. The van der Waals surface area contributed by atoms with Gasteiger partial charge in [0.25, 0.3) is 0 Å². The van der Waals surface area contributed by atoms with E-state index in [-0.39, 0.29) is 6.17 Å². The average molecular weight is 119 g/mol. The fraction of sp³-hybridized carbons (Fsp3) is 0.250. The molecule has 0 saturated carbocycles. The van der Waals surface area contributed by atoms with Gasteiger partial charge in [-0.25, -0.2) is 4.68 Å². The number of hydrogen-bond donors (Lipinski definition) is 0. The van der Waals surface area contributed by atoms with E-state index in [0.717, 1.165) is 6.20 Å². The van der Waals surface area contributed by atoms with Crippen LogP contribution >= 0.6 is 0 Å². The summed E-state index contributed by atoms with van der Waals surface area (Å²) in [6.45, 7) is -2.64. The quantitative estimate of drug-likeness (QED) is 0.544.